The molecule has 1 aromatic heterocycles. The molecular weight excluding hydrogens is 244 g/mol. The topological polar surface area (TPSA) is 17.0 Å². The number of hydrogen-bond acceptors (Lipinski definition) is 1. The van der Waals surface area contributed by atoms with Crippen LogP contribution < -0.4 is 5.32 Å². The highest BCUT2D eigenvalue weighted by atomic mass is 15.0. The Bertz CT molecular complexity index is 550. The molecule has 0 fully saturated rings. The molecule has 2 heteroatoms. The first kappa shape index (κ1) is 14.7. The molecule has 0 bridgehead atoms. The molecule has 0 saturated carbocycles. The fourth-order valence-corrected chi connectivity index (χ4v) is 2.81. The van der Waals surface area contributed by atoms with Crippen LogP contribution in [0.25, 0.3) is 0 Å². The minimum absolute atomic E-state index is 0.896. The number of aryl methyl sites for hydroxylation is 2. The van der Waals surface area contributed by atoms with E-state index in [0.29, 0.717) is 0 Å². The van der Waals surface area contributed by atoms with Crippen LogP contribution in [0.5, 0.6) is 0 Å². The van der Waals surface area contributed by atoms with Crippen LogP contribution in [0.15, 0.2) is 30.3 Å². The number of nitrogens with zero attached hydrogens (tertiary/aromatic N) is 1. The van der Waals surface area contributed by atoms with Gasteiger partial charge in [-0.3, -0.25) is 0 Å². The van der Waals surface area contributed by atoms with Crippen molar-refractivity contribution in [1.82, 2.24) is 4.57 Å². The molecule has 0 atom stereocenters. The maximum atomic E-state index is 3.52. The molecule has 0 amide bonds. The molecule has 0 radical (unpaired) electrons. The highest BCUT2D eigenvalue weighted by molar-refractivity contribution is 5.45. The molecule has 0 aliphatic rings. The van der Waals surface area contributed by atoms with Gasteiger partial charge in [-0.2, -0.15) is 0 Å². The predicted molar refractivity (Wildman–Crippen MR) is 87.3 cm³/mol. The average molecular weight is 270 g/mol. The summed E-state index contributed by atoms with van der Waals surface area (Å²) < 4.78 is 2.36. The number of rotatable bonds is 6. The van der Waals surface area contributed by atoms with Gasteiger partial charge < -0.3 is 9.88 Å². The van der Waals surface area contributed by atoms with Gasteiger partial charge in [-0.25, -0.2) is 0 Å². The minimum atomic E-state index is 0.896. The van der Waals surface area contributed by atoms with Crippen molar-refractivity contribution in [1.29, 1.82) is 0 Å². The van der Waals surface area contributed by atoms with Crippen molar-refractivity contribution < 1.29 is 0 Å². The van der Waals surface area contributed by atoms with Crippen LogP contribution in [0.2, 0.25) is 0 Å². The molecule has 2 rings (SSSR count). The van der Waals surface area contributed by atoms with Gasteiger partial charge in [-0.1, -0.05) is 25.5 Å². The first-order chi connectivity index (χ1) is 9.65. The van der Waals surface area contributed by atoms with E-state index in [4.69, 9.17) is 0 Å². The van der Waals surface area contributed by atoms with Crippen LogP contribution in [-0.2, 0) is 19.5 Å². The summed E-state index contributed by atoms with van der Waals surface area (Å²) in [6.07, 6.45) is 2.37. The number of anilines is 1. The average Bonchev–Trinajstić information content (AvgIpc) is 2.72. The van der Waals surface area contributed by atoms with Gasteiger partial charge in [-0.15, -0.1) is 0 Å². The van der Waals surface area contributed by atoms with Gasteiger partial charge in [0, 0.05) is 30.2 Å². The highest BCUT2D eigenvalue weighted by Crippen LogP contribution is 2.17. The first-order valence-corrected chi connectivity index (χ1v) is 7.64. The first-order valence-electron chi connectivity index (χ1n) is 7.64. The van der Waals surface area contributed by atoms with Crippen LogP contribution >= 0.6 is 0 Å². The van der Waals surface area contributed by atoms with E-state index in [9.17, 15) is 0 Å². The Labute approximate surface area is 122 Å². The second kappa shape index (κ2) is 6.65. The summed E-state index contributed by atoms with van der Waals surface area (Å²) in [5.74, 6) is 0. The zero-order chi connectivity index (χ0) is 14.5. The number of aromatic nitrogens is 1. The third-order valence-electron chi connectivity index (χ3n) is 3.97. The molecule has 108 valence electrons. The van der Waals surface area contributed by atoms with Crippen LogP contribution in [0.4, 0.5) is 5.69 Å². The van der Waals surface area contributed by atoms with E-state index in [1.807, 2.05) is 0 Å². The molecule has 1 aromatic carbocycles. The Balaban J connectivity index is 2.01. The van der Waals surface area contributed by atoms with Crippen molar-refractivity contribution in [2.45, 2.75) is 53.6 Å². The largest absolute Gasteiger partial charge is 0.381 e. The molecule has 0 spiro atoms. The lowest BCUT2D eigenvalue weighted by Gasteiger charge is -2.09. The summed E-state index contributed by atoms with van der Waals surface area (Å²) in [5, 5.41) is 3.52. The second-order valence-corrected chi connectivity index (χ2v) is 5.44. The van der Waals surface area contributed by atoms with Crippen molar-refractivity contribution in [3.8, 4) is 0 Å². The van der Waals surface area contributed by atoms with Crippen LogP contribution in [0.3, 0.4) is 0 Å². The third-order valence-corrected chi connectivity index (χ3v) is 3.97. The van der Waals surface area contributed by atoms with Crippen LogP contribution in [-0.4, -0.2) is 4.57 Å². The summed E-state index contributed by atoms with van der Waals surface area (Å²) in [4.78, 5) is 0. The van der Waals surface area contributed by atoms with Crippen LogP contribution in [0.1, 0.15) is 42.8 Å². The van der Waals surface area contributed by atoms with Gasteiger partial charge >= 0.3 is 0 Å². The molecule has 0 aliphatic heterocycles. The second-order valence-electron chi connectivity index (χ2n) is 5.44. The van der Waals surface area contributed by atoms with Crippen molar-refractivity contribution in [2.75, 3.05) is 5.32 Å². The fraction of sp³-hybridized carbons (Fsp3) is 0.444. The summed E-state index contributed by atoms with van der Waals surface area (Å²) in [6, 6.07) is 11.1. The lowest BCUT2D eigenvalue weighted by atomic mass is 10.1. The number of hydrogen-bond donors (Lipinski definition) is 1. The van der Waals surface area contributed by atoms with E-state index in [1.54, 1.807) is 0 Å². The van der Waals surface area contributed by atoms with Gasteiger partial charge in [0.25, 0.3) is 0 Å². The zero-order valence-corrected chi connectivity index (χ0v) is 13.2. The van der Waals surface area contributed by atoms with E-state index in [-0.39, 0.29) is 0 Å². The SMILES string of the molecule is CCCc1ccc(NCc2cc(C)n(CC)c2C)cc1. The maximum absolute atomic E-state index is 3.52. The van der Waals surface area contributed by atoms with Crippen molar-refractivity contribution >= 4 is 5.69 Å². The zero-order valence-electron chi connectivity index (χ0n) is 13.2. The number of nitrogens with one attached hydrogen (secondary N) is 1. The molecular formula is C18H26N2. The van der Waals surface area contributed by atoms with Gasteiger partial charge in [0.15, 0.2) is 0 Å². The molecule has 0 saturated heterocycles. The Morgan fingerprint density at radius 2 is 1.75 bits per heavy atom. The Morgan fingerprint density at radius 1 is 1.05 bits per heavy atom. The van der Waals surface area contributed by atoms with Gasteiger partial charge in [0.2, 0.25) is 0 Å². The predicted octanol–water partition coefficient (Wildman–Crippen LogP) is 4.69. The standard InChI is InChI=1S/C18H26N2/c1-5-7-16-8-10-18(11-9-16)19-13-17-12-14(3)20(6-2)15(17)4/h8-12,19H,5-7,13H2,1-4H3. The molecule has 20 heavy (non-hydrogen) atoms. The lowest BCUT2D eigenvalue weighted by Crippen LogP contribution is -2.03. The van der Waals surface area contributed by atoms with Crippen molar-refractivity contribution in [2.24, 2.45) is 0 Å². The van der Waals surface area contributed by atoms with E-state index < -0.39 is 0 Å². The normalized spacial score (nSPS) is 10.8. The lowest BCUT2D eigenvalue weighted by molar-refractivity contribution is 0.715. The Kier molecular flexibility index (Phi) is 4.89. The molecule has 0 unspecified atom stereocenters. The van der Waals surface area contributed by atoms with E-state index >= 15 is 0 Å². The summed E-state index contributed by atoms with van der Waals surface area (Å²) in [5.41, 5.74) is 6.73. The van der Waals surface area contributed by atoms with E-state index in [1.165, 1.54) is 34.6 Å². The fourth-order valence-electron chi connectivity index (χ4n) is 2.81. The molecule has 1 N–H and O–H groups in total. The Morgan fingerprint density at radius 3 is 2.30 bits per heavy atom. The molecule has 0 aliphatic carbocycles. The van der Waals surface area contributed by atoms with E-state index in [0.717, 1.165) is 19.5 Å². The maximum Gasteiger partial charge on any atom is 0.0418 e. The summed E-state index contributed by atoms with van der Waals surface area (Å²) >= 11 is 0. The van der Waals surface area contributed by atoms with Gasteiger partial charge in [-0.05, 0) is 56.5 Å². The molecule has 1 heterocycles. The molecule has 2 nitrogen and oxygen atoms in total. The summed E-state index contributed by atoms with van der Waals surface area (Å²) in [6.45, 7) is 10.7. The van der Waals surface area contributed by atoms with Gasteiger partial charge in [0.05, 0.1) is 0 Å². The smallest absolute Gasteiger partial charge is 0.0418 e. The van der Waals surface area contributed by atoms with Crippen LogP contribution in [0, 0.1) is 13.8 Å². The van der Waals surface area contributed by atoms with Gasteiger partial charge in [0.1, 0.15) is 0 Å². The molecule has 2 aromatic rings. The van der Waals surface area contributed by atoms with Crippen molar-refractivity contribution in [3.05, 3.63) is 52.8 Å². The van der Waals surface area contributed by atoms with Crippen molar-refractivity contribution in [3.63, 3.8) is 0 Å². The van der Waals surface area contributed by atoms with E-state index in [2.05, 4.69) is 67.9 Å². The highest BCUT2D eigenvalue weighted by Gasteiger charge is 2.07. The quantitative estimate of drug-likeness (QED) is 0.805. The third kappa shape index (κ3) is 3.24. The Hall–Kier alpha value is -1.70. The summed E-state index contributed by atoms with van der Waals surface area (Å²) in [7, 11) is 0. The monoisotopic (exact) mass is 270 g/mol. The minimum Gasteiger partial charge on any atom is -0.381 e. The number of benzene rings is 1.